The Morgan fingerprint density at radius 1 is 1.12 bits per heavy atom. The highest BCUT2D eigenvalue weighted by Gasteiger charge is 2.09. The highest BCUT2D eigenvalue weighted by atomic mass is 16.1. The molecule has 0 aliphatic carbocycles. The van der Waals surface area contributed by atoms with Crippen LogP contribution >= 0.6 is 0 Å². The average molecular weight is 213 g/mol. The monoisotopic (exact) mass is 213 g/mol. The SMILES string of the molecule is CC(=O)N[C@@H](C)c1cccc2ccccc12. The first kappa shape index (κ1) is 10.7. The number of carbonyl (C=O) groups excluding carboxylic acids is 1. The van der Waals surface area contributed by atoms with Crippen molar-refractivity contribution in [3.05, 3.63) is 48.0 Å². The van der Waals surface area contributed by atoms with Gasteiger partial charge in [-0.05, 0) is 23.3 Å². The maximum atomic E-state index is 11.1. The molecule has 2 heteroatoms. The van der Waals surface area contributed by atoms with E-state index in [2.05, 4.69) is 29.6 Å². The van der Waals surface area contributed by atoms with Crippen LogP contribution in [0.15, 0.2) is 42.5 Å². The molecule has 0 unspecified atom stereocenters. The van der Waals surface area contributed by atoms with Gasteiger partial charge in [0.1, 0.15) is 0 Å². The van der Waals surface area contributed by atoms with Gasteiger partial charge in [-0.3, -0.25) is 4.79 Å². The second-order valence-corrected chi connectivity index (χ2v) is 3.99. The van der Waals surface area contributed by atoms with Crippen LogP contribution < -0.4 is 5.32 Å². The van der Waals surface area contributed by atoms with Crippen LogP contribution in [0.5, 0.6) is 0 Å². The molecule has 0 aliphatic rings. The van der Waals surface area contributed by atoms with Crippen LogP contribution in [-0.2, 0) is 4.79 Å². The zero-order valence-electron chi connectivity index (χ0n) is 9.53. The number of benzene rings is 2. The van der Waals surface area contributed by atoms with Crippen molar-refractivity contribution in [3.8, 4) is 0 Å². The number of hydrogen-bond donors (Lipinski definition) is 1. The van der Waals surface area contributed by atoms with Crippen molar-refractivity contribution in [1.29, 1.82) is 0 Å². The van der Waals surface area contributed by atoms with Gasteiger partial charge >= 0.3 is 0 Å². The molecule has 0 bridgehead atoms. The lowest BCUT2D eigenvalue weighted by atomic mass is 10.00. The standard InChI is InChI=1S/C14H15NO/c1-10(15-11(2)16)13-9-5-7-12-6-3-4-8-14(12)13/h3-10H,1-2H3,(H,15,16)/t10-/m0/s1. The molecule has 0 saturated heterocycles. The van der Waals surface area contributed by atoms with Crippen LogP contribution in [0.3, 0.4) is 0 Å². The summed E-state index contributed by atoms with van der Waals surface area (Å²) in [7, 11) is 0. The minimum absolute atomic E-state index is 0.000402. The van der Waals surface area contributed by atoms with E-state index in [0.29, 0.717) is 0 Å². The molecule has 2 nitrogen and oxygen atoms in total. The van der Waals surface area contributed by atoms with Crippen molar-refractivity contribution in [2.45, 2.75) is 19.9 Å². The van der Waals surface area contributed by atoms with E-state index in [0.717, 1.165) is 5.56 Å². The van der Waals surface area contributed by atoms with E-state index in [9.17, 15) is 4.79 Å². The Balaban J connectivity index is 2.47. The van der Waals surface area contributed by atoms with E-state index in [1.165, 1.54) is 10.8 Å². The van der Waals surface area contributed by atoms with E-state index in [1.807, 2.05) is 25.1 Å². The van der Waals surface area contributed by atoms with Crippen molar-refractivity contribution < 1.29 is 4.79 Å². The molecule has 0 aliphatic heterocycles. The van der Waals surface area contributed by atoms with Crippen LogP contribution in [0, 0.1) is 0 Å². The van der Waals surface area contributed by atoms with Crippen LogP contribution in [0.25, 0.3) is 10.8 Å². The van der Waals surface area contributed by atoms with Gasteiger partial charge in [0.2, 0.25) is 5.91 Å². The Bertz CT molecular complexity index is 514. The fraction of sp³-hybridized carbons (Fsp3) is 0.214. The topological polar surface area (TPSA) is 29.1 Å². The first-order valence-corrected chi connectivity index (χ1v) is 5.43. The van der Waals surface area contributed by atoms with Gasteiger partial charge in [0.15, 0.2) is 0 Å². The molecule has 0 aromatic heterocycles. The van der Waals surface area contributed by atoms with Crippen molar-refractivity contribution in [2.75, 3.05) is 0 Å². The van der Waals surface area contributed by atoms with E-state index >= 15 is 0 Å². The summed E-state index contributed by atoms with van der Waals surface area (Å²) in [5, 5.41) is 5.32. The van der Waals surface area contributed by atoms with Crippen molar-refractivity contribution in [2.24, 2.45) is 0 Å². The molecular formula is C14H15NO. The summed E-state index contributed by atoms with van der Waals surface area (Å²) in [4.78, 5) is 11.1. The number of nitrogens with one attached hydrogen (secondary N) is 1. The summed E-state index contributed by atoms with van der Waals surface area (Å²) < 4.78 is 0. The smallest absolute Gasteiger partial charge is 0.217 e. The van der Waals surface area contributed by atoms with Crippen molar-refractivity contribution in [3.63, 3.8) is 0 Å². The third-order valence-electron chi connectivity index (χ3n) is 2.71. The maximum absolute atomic E-state index is 11.1. The molecule has 0 spiro atoms. The fourth-order valence-electron chi connectivity index (χ4n) is 2.01. The zero-order chi connectivity index (χ0) is 11.5. The van der Waals surface area contributed by atoms with Crippen LogP contribution in [0.4, 0.5) is 0 Å². The normalized spacial score (nSPS) is 12.4. The van der Waals surface area contributed by atoms with Gasteiger partial charge in [0.05, 0.1) is 6.04 Å². The predicted octanol–water partition coefficient (Wildman–Crippen LogP) is 3.04. The van der Waals surface area contributed by atoms with Crippen molar-refractivity contribution in [1.82, 2.24) is 5.32 Å². The van der Waals surface area contributed by atoms with Gasteiger partial charge in [0, 0.05) is 6.92 Å². The van der Waals surface area contributed by atoms with E-state index in [-0.39, 0.29) is 11.9 Å². The lowest BCUT2D eigenvalue weighted by Gasteiger charge is -2.15. The lowest BCUT2D eigenvalue weighted by molar-refractivity contribution is -0.119. The number of fused-ring (bicyclic) bond motifs is 1. The Labute approximate surface area is 95.3 Å². The Hall–Kier alpha value is -1.83. The molecule has 1 atom stereocenters. The predicted molar refractivity (Wildman–Crippen MR) is 66.2 cm³/mol. The molecule has 2 aromatic carbocycles. The molecule has 0 heterocycles. The van der Waals surface area contributed by atoms with Crippen LogP contribution in [-0.4, -0.2) is 5.91 Å². The number of hydrogen-bond acceptors (Lipinski definition) is 1. The zero-order valence-corrected chi connectivity index (χ0v) is 9.53. The second kappa shape index (κ2) is 4.35. The molecule has 2 aromatic rings. The number of rotatable bonds is 2. The average Bonchev–Trinajstić information content (AvgIpc) is 2.27. The third-order valence-corrected chi connectivity index (χ3v) is 2.71. The van der Waals surface area contributed by atoms with Gasteiger partial charge in [-0.15, -0.1) is 0 Å². The summed E-state index contributed by atoms with van der Waals surface area (Å²) in [5.41, 5.74) is 1.16. The van der Waals surface area contributed by atoms with E-state index in [4.69, 9.17) is 0 Å². The van der Waals surface area contributed by atoms with Crippen molar-refractivity contribution >= 4 is 16.7 Å². The van der Waals surface area contributed by atoms with Crippen LogP contribution in [0.2, 0.25) is 0 Å². The highest BCUT2D eigenvalue weighted by molar-refractivity contribution is 5.86. The molecule has 82 valence electrons. The number of amides is 1. The Kier molecular flexibility index (Phi) is 2.91. The molecule has 1 amide bonds. The van der Waals surface area contributed by atoms with Gasteiger partial charge in [-0.2, -0.15) is 0 Å². The Morgan fingerprint density at radius 2 is 1.81 bits per heavy atom. The largest absolute Gasteiger partial charge is 0.350 e. The number of carbonyl (C=O) groups is 1. The lowest BCUT2D eigenvalue weighted by Crippen LogP contribution is -2.23. The highest BCUT2D eigenvalue weighted by Crippen LogP contribution is 2.23. The molecular weight excluding hydrogens is 198 g/mol. The molecule has 0 saturated carbocycles. The molecule has 0 radical (unpaired) electrons. The van der Waals surface area contributed by atoms with E-state index in [1.54, 1.807) is 6.92 Å². The molecule has 0 fully saturated rings. The van der Waals surface area contributed by atoms with Gasteiger partial charge in [0.25, 0.3) is 0 Å². The molecule has 1 N–H and O–H groups in total. The third kappa shape index (κ3) is 2.06. The molecule has 16 heavy (non-hydrogen) atoms. The fourth-order valence-corrected chi connectivity index (χ4v) is 2.01. The second-order valence-electron chi connectivity index (χ2n) is 3.99. The first-order valence-electron chi connectivity index (χ1n) is 5.43. The first-order chi connectivity index (χ1) is 7.68. The van der Waals surface area contributed by atoms with Crippen LogP contribution in [0.1, 0.15) is 25.5 Å². The summed E-state index contributed by atoms with van der Waals surface area (Å²) >= 11 is 0. The Morgan fingerprint density at radius 3 is 2.56 bits per heavy atom. The summed E-state index contributed by atoms with van der Waals surface area (Å²) in [6, 6.07) is 14.4. The summed E-state index contributed by atoms with van der Waals surface area (Å²) in [5.74, 6) is 0.000402. The van der Waals surface area contributed by atoms with Gasteiger partial charge < -0.3 is 5.32 Å². The maximum Gasteiger partial charge on any atom is 0.217 e. The molecule has 2 rings (SSSR count). The minimum Gasteiger partial charge on any atom is -0.350 e. The minimum atomic E-state index is 0.000402. The quantitative estimate of drug-likeness (QED) is 0.816. The summed E-state index contributed by atoms with van der Waals surface area (Å²) in [6.45, 7) is 3.55. The van der Waals surface area contributed by atoms with Gasteiger partial charge in [-0.25, -0.2) is 0 Å². The van der Waals surface area contributed by atoms with Gasteiger partial charge in [-0.1, -0.05) is 42.5 Å². The van der Waals surface area contributed by atoms with E-state index < -0.39 is 0 Å². The summed E-state index contributed by atoms with van der Waals surface area (Å²) in [6.07, 6.45) is 0.